The number of hydrogen-bond acceptors (Lipinski definition) is 4. The van der Waals surface area contributed by atoms with E-state index in [-0.39, 0.29) is 0 Å². The van der Waals surface area contributed by atoms with Crippen molar-refractivity contribution in [3.63, 3.8) is 0 Å². The van der Waals surface area contributed by atoms with Crippen molar-refractivity contribution in [3.05, 3.63) is 16.1 Å². The normalized spacial score (nSPS) is 12.0. The highest BCUT2D eigenvalue weighted by atomic mass is 32.1. The van der Waals surface area contributed by atoms with E-state index in [0.29, 0.717) is 12.1 Å². The largest absolute Gasteiger partial charge is 0.308 e. The van der Waals surface area contributed by atoms with Gasteiger partial charge in [-0.15, -0.1) is 11.3 Å². The fourth-order valence-corrected chi connectivity index (χ4v) is 1.97. The molecule has 1 aromatic rings. The Kier molecular flexibility index (Phi) is 5.38. The molecule has 92 valence electrons. The molecule has 1 heterocycles. The lowest BCUT2D eigenvalue weighted by Gasteiger charge is -2.19. The number of rotatable bonds is 6. The van der Waals surface area contributed by atoms with E-state index in [0.717, 1.165) is 13.1 Å². The minimum Gasteiger partial charge on any atom is -0.308 e. The third kappa shape index (κ3) is 4.60. The molecule has 0 bridgehead atoms. The van der Waals surface area contributed by atoms with Crippen molar-refractivity contribution in [2.24, 2.45) is 0 Å². The molecule has 4 heteroatoms. The molecule has 16 heavy (non-hydrogen) atoms. The quantitative estimate of drug-likeness (QED) is 0.829. The van der Waals surface area contributed by atoms with E-state index in [9.17, 15) is 0 Å². The van der Waals surface area contributed by atoms with Crippen molar-refractivity contribution in [3.8, 4) is 0 Å². The maximum atomic E-state index is 4.62. The van der Waals surface area contributed by atoms with E-state index < -0.39 is 0 Å². The van der Waals surface area contributed by atoms with Gasteiger partial charge in [-0.05, 0) is 20.9 Å². The summed E-state index contributed by atoms with van der Waals surface area (Å²) >= 11 is 1.74. The molecule has 0 aromatic carbocycles. The Morgan fingerprint density at radius 3 is 2.62 bits per heavy atom. The summed E-state index contributed by atoms with van der Waals surface area (Å²) < 4.78 is 0. The Labute approximate surface area is 103 Å². The van der Waals surface area contributed by atoms with Crippen LogP contribution in [0.3, 0.4) is 0 Å². The molecule has 0 aliphatic carbocycles. The molecule has 0 aliphatic rings. The highest BCUT2D eigenvalue weighted by Gasteiger charge is 2.07. The lowest BCUT2D eigenvalue weighted by Crippen LogP contribution is -2.26. The Morgan fingerprint density at radius 2 is 2.06 bits per heavy atom. The van der Waals surface area contributed by atoms with Crippen LogP contribution in [0.15, 0.2) is 5.38 Å². The minimum absolute atomic E-state index is 0.519. The zero-order valence-corrected chi connectivity index (χ0v) is 11.8. The van der Waals surface area contributed by atoms with Gasteiger partial charge in [-0.1, -0.05) is 13.8 Å². The van der Waals surface area contributed by atoms with Gasteiger partial charge in [-0.25, -0.2) is 4.98 Å². The lowest BCUT2D eigenvalue weighted by atomic mass is 10.3. The van der Waals surface area contributed by atoms with E-state index in [4.69, 9.17) is 0 Å². The predicted octanol–water partition coefficient (Wildman–Crippen LogP) is 2.48. The molecule has 0 radical (unpaired) electrons. The summed E-state index contributed by atoms with van der Waals surface area (Å²) in [4.78, 5) is 6.92. The van der Waals surface area contributed by atoms with Crippen LogP contribution >= 0.6 is 11.3 Å². The van der Waals surface area contributed by atoms with Crippen LogP contribution in [0.1, 0.15) is 38.4 Å². The van der Waals surface area contributed by atoms with Gasteiger partial charge >= 0.3 is 0 Å². The SMILES string of the molecule is CC(C)NCc1nc(CN(C)C(C)C)cs1. The summed E-state index contributed by atoms with van der Waals surface area (Å²) in [5, 5.41) is 6.73. The Morgan fingerprint density at radius 1 is 1.38 bits per heavy atom. The van der Waals surface area contributed by atoms with Gasteiger partial charge in [0.05, 0.1) is 5.69 Å². The Balaban J connectivity index is 2.45. The zero-order chi connectivity index (χ0) is 12.1. The molecule has 1 aromatic heterocycles. The summed E-state index contributed by atoms with van der Waals surface area (Å²) in [5.41, 5.74) is 1.18. The van der Waals surface area contributed by atoms with Gasteiger partial charge in [0.15, 0.2) is 0 Å². The van der Waals surface area contributed by atoms with Crippen molar-refractivity contribution >= 4 is 11.3 Å². The second kappa shape index (κ2) is 6.33. The lowest BCUT2D eigenvalue weighted by molar-refractivity contribution is 0.263. The van der Waals surface area contributed by atoms with Crippen molar-refractivity contribution in [2.45, 2.75) is 52.9 Å². The minimum atomic E-state index is 0.519. The average Bonchev–Trinajstić information content (AvgIpc) is 2.62. The molecule has 0 saturated carbocycles. The third-order valence-corrected chi connectivity index (χ3v) is 3.45. The second-order valence-corrected chi connectivity index (χ2v) is 5.72. The van der Waals surface area contributed by atoms with E-state index in [1.54, 1.807) is 11.3 Å². The molecule has 0 amide bonds. The van der Waals surface area contributed by atoms with Crippen molar-refractivity contribution in [1.82, 2.24) is 15.2 Å². The van der Waals surface area contributed by atoms with Gasteiger partial charge in [0, 0.05) is 30.6 Å². The standard InChI is InChI=1S/C12H23N3S/c1-9(2)13-6-12-14-11(8-16-12)7-15(5)10(3)4/h8-10,13H,6-7H2,1-5H3. The maximum Gasteiger partial charge on any atom is 0.107 e. The van der Waals surface area contributed by atoms with Gasteiger partial charge in [0.2, 0.25) is 0 Å². The van der Waals surface area contributed by atoms with Gasteiger partial charge in [-0.3, -0.25) is 4.90 Å². The first-order valence-electron chi connectivity index (χ1n) is 5.86. The predicted molar refractivity (Wildman–Crippen MR) is 70.7 cm³/mol. The van der Waals surface area contributed by atoms with E-state index in [1.165, 1.54) is 10.7 Å². The highest BCUT2D eigenvalue weighted by molar-refractivity contribution is 7.09. The second-order valence-electron chi connectivity index (χ2n) is 4.78. The first-order chi connectivity index (χ1) is 7.49. The monoisotopic (exact) mass is 241 g/mol. The van der Waals surface area contributed by atoms with Crippen LogP contribution in [0.5, 0.6) is 0 Å². The topological polar surface area (TPSA) is 28.2 Å². The van der Waals surface area contributed by atoms with E-state index >= 15 is 0 Å². The van der Waals surface area contributed by atoms with Crippen molar-refractivity contribution in [2.75, 3.05) is 7.05 Å². The van der Waals surface area contributed by atoms with Gasteiger partial charge in [0.25, 0.3) is 0 Å². The van der Waals surface area contributed by atoms with Gasteiger partial charge < -0.3 is 5.32 Å². The Hall–Kier alpha value is -0.450. The molecule has 1 rings (SSSR count). The molecule has 0 fully saturated rings. The molecule has 0 unspecified atom stereocenters. The smallest absolute Gasteiger partial charge is 0.107 e. The molecule has 3 nitrogen and oxygen atoms in total. The van der Waals surface area contributed by atoms with Crippen molar-refractivity contribution in [1.29, 1.82) is 0 Å². The number of hydrogen-bond donors (Lipinski definition) is 1. The van der Waals surface area contributed by atoms with Crippen LogP contribution in [0.25, 0.3) is 0 Å². The maximum absolute atomic E-state index is 4.62. The van der Waals surface area contributed by atoms with Gasteiger partial charge in [-0.2, -0.15) is 0 Å². The summed E-state index contributed by atoms with van der Waals surface area (Å²) in [5.74, 6) is 0. The molecular formula is C12H23N3S. The highest BCUT2D eigenvalue weighted by Crippen LogP contribution is 2.12. The number of aromatic nitrogens is 1. The van der Waals surface area contributed by atoms with E-state index in [2.05, 4.69) is 55.3 Å². The van der Waals surface area contributed by atoms with Crippen molar-refractivity contribution < 1.29 is 0 Å². The van der Waals surface area contributed by atoms with Crippen LogP contribution in [-0.2, 0) is 13.1 Å². The molecule has 0 atom stereocenters. The van der Waals surface area contributed by atoms with Crippen LogP contribution in [0.4, 0.5) is 0 Å². The average molecular weight is 241 g/mol. The van der Waals surface area contributed by atoms with E-state index in [1.807, 2.05) is 0 Å². The first kappa shape index (κ1) is 13.6. The van der Waals surface area contributed by atoms with Crippen LogP contribution in [0, 0.1) is 0 Å². The third-order valence-electron chi connectivity index (χ3n) is 2.55. The van der Waals surface area contributed by atoms with Crippen LogP contribution < -0.4 is 5.32 Å². The summed E-state index contributed by atoms with van der Waals surface area (Å²) in [7, 11) is 2.13. The fraction of sp³-hybridized carbons (Fsp3) is 0.750. The Bertz CT molecular complexity index is 307. The molecule has 0 saturated heterocycles. The first-order valence-corrected chi connectivity index (χ1v) is 6.74. The molecular weight excluding hydrogens is 218 g/mol. The zero-order valence-electron chi connectivity index (χ0n) is 10.9. The number of nitrogens with zero attached hydrogens (tertiary/aromatic N) is 2. The molecule has 0 aliphatic heterocycles. The summed E-state index contributed by atoms with van der Waals surface area (Å²) in [6.45, 7) is 10.5. The number of thiazole rings is 1. The van der Waals surface area contributed by atoms with Crippen LogP contribution in [-0.4, -0.2) is 29.0 Å². The summed E-state index contributed by atoms with van der Waals surface area (Å²) in [6.07, 6.45) is 0. The van der Waals surface area contributed by atoms with Crippen LogP contribution in [0.2, 0.25) is 0 Å². The number of nitrogens with one attached hydrogen (secondary N) is 1. The van der Waals surface area contributed by atoms with Gasteiger partial charge in [0.1, 0.15) is 5.01 Å². The molecule has 0 spiro atoms. The summed E-state index contributed by atoms with van der Waals surface area (Å²) in [6, 6.07) is 1.09. The molecule has 1 N–H and O–H groups in total. The fourth-order valence-electron chi connectivity index (χ4n) is 1.23.